The van der Waals surface area contributed by atoms with E-state index in [0.29, 0.717) is 5.92 Å². The van der Waals surface area contributed by atoms with E-state index in [4.69, 9.17) is 0 Å². The monoisotopic (exact) mass is 275 g/mol. The summed E-state index contributed by atoms with van der Waals surface area (Å²) in [6.07, 6.45) is 8.28. The highest BCUT2D eigenvalue weighted by molar-refractivity contribution is 5.65. The van der Waals surface area contributed by atoms with Gasteiger partial charge in [0.05, 0.1) is 6.04 Å². The highest BCUT2D eigenvalue weighted by Crippen LogP contribution is 2.26. The third-order valence-electron chi connectivity index (χ3n) is 3.94. The fourth-order valence-electron chi connectivity index (χ4n) is 2.63. The van der Waals surface area contributed by atoms with Gasteiger partial charge in [-0.2, -0.15) is 0 Å². The summed E-state index contributed by atoms with van der Waals surface area (Å²) in [4.78, 5) is 0. The topological polar surface area (TPSA) is 12.0 Å². The van der Waals surface area contributed by atoms with Crippen molar-refractivity contribution in [3.8, 4) is 11.1 Å². The summed E-state index contributed by atoms with van der Waals surface area (Å²) in [6, 6.07) is 17.9. The molecule has 1 nitrogen and oxygen atoms in total. The largest absolute Gasteiger partial charge is 0.381 e. The summed E-state index contributed by atoms with van der Waals surface area (Å²) in [5, 5.41) is 3.37. The number of hydrogen-bond donors (Lipinski definition) is 1. The molecule has 2 aromatic rings. The summed E-state index contributed by atoms with van der Waals surface area (Å²) in [7, 11) is 0. The van der Waals surface area contributed by atoms with Crippen molar-refractivity contribution in [1.82, 2.24) is 5.32 Å². The van der Waals surface area contributed by atoms with Crippen molar-refractivity contribution in [2.45, 2.75) is 25.8 Å². The minimum Gasteiger partial charge on any atom is -0.381 e. The zero-order chi connectivity index (χ0) is 14.7. The molecule has 1 heterocycles. The Morgan fingerprint density at radius 3 is 2.38 bits per heavy atom. The van der Waals surface area contributed by atoms with Gasteiger partial charge in [0, 0.05) is 0 Å². The summed E-state index contributed by atoms with van der Waals surface area (Å²) in [5.41, 5.74) is 5.22. The predicted octanol–water partition coefficient (Wildman–Crippen LogP) is 5.19. The van der Waals surface area contributed by atoms with Crippen molar-refractivity contribution in [3.05, 3.63) is 84.1 Å². The first-order valence-corrected chi connectivity index (χ1v) is 7.54. The fraction of sp³-hybridized carbons (Fsp3) is 0.200. The molecule has 0 saturated carbocycles. The molecule has 0 saturated heterocycles. The summed E-state index contributed by atoms with van der Waals surface area (Å²) in [5.74, 6) is 0.578. The van der Waals surface area contributed by atoms with E-state index >= 15 is 0 Å². The Kier molecular flexibility index (Phi) is 3.92. The molecular weight excluding hydrogens is 254 g/mol. The van der Waals surface area contributed by atoms with Gasteiger partial charge in [0.2, 0.25) is 0 Å². The van der Waals surface area contributed by atoms with Crippen molar-refractivity contribution in [2.24, 2.45) is 0 Å². The van der Waals surface area contributed by atoms with Crippen molar-refractivity contribution < 1.29 is 0 Å². The van der Waals surface area contributed by atoms with E-state index in [1.807, 2.05) is 12.3 Å². The van der Waals surface area contributed by atoms with Crippen LogP contribution in [0.4, 0.5) is 0 Å². The number of hydrogen-bond acceptors (Lipinski definition) is 1. The van der Waals surface area contributed by atoms with Crippen molar-refractivity contribution in [3.63, 3.8) is 0 Å². The van der Waals surface area contributed by atoms with Crippen LogP contribution < -0.4 is 5.32 Å². The lowest BCUT2D eigenvalue weighted by molar-refractivity contribution is 0.747. The lowest BCUT2D eigenvalue weighted by Crippen LogP contribution is -2.14. The quantitative estimate of drug-likeness (QED) is 0.812. The Balaban J connectivity index is 1.88. The Bertz CT molecular complexity index is 662. The van der Waals surface area contributed by atoms with Crippen molar-refractivity contribution in [2.75, 3.05) is 0 Å². The smallest absolute Gasteiger partial charge is 0.0695 e. The van der Waals surface area contributed by atoms with Gasteiger partial charge in [0.25, 0.3) is 0 Å². The van der Waals surface area contributed by atoms with E-state index < -0.39 is 0 Å². The van der Waals surface area contributed by atoms with E-state index in [1.54, 1.807) is 0 Å². The van der Waals surface area contributed by atoms with Crippen LogP contribution in [0.1, 0.15) is 36.9 Å². The van der Waals surface area contributed by atoms with E-state index in [1.165, 1.54) is 22.3 Å². The third kappa shape index (κ3) is 3.08. The SMILES string of the molecule is CC(C)c1ccc(-c2cccc(C3C=CC=CN3)c2)cc1. The second-order valence-corrected chi connectivity index (χ2v) is 5.79. The van der Waals surface area contributed by atoms with Crippen LogP contribution in [-0.4, -0.2) is 0 Å². The molecule has 1 atom stereocenters. The first-order valence-electron chi connectivity index (χ1n) is 7.54. The molecule has 2 aromatic carbocycles. The zero-order valence-electron chi connectivity index (χ0n) is 12.6. The Hall–Kier alpha value is -2.28. The normalized spacial score (nSPS) is 17.0. The highest BCUT2D eigenvalue weighted by atomic mass is 14.9. The van der Waals surface area contributed by atoms with Crippen molar-refractivity contribution >= 4 is 0 Å². The summed E-state index contributed by atoms with van der Waals surface area (Å²) >= 11 is 0. The van der Waals surface area contributed by atoms with Crippen LogP contribution in [0, 0.1) is 0 Å². The van der Waals surface area contributed by atoms with Crippen LogP contribution in [-0.2, 0) is 0 Å². The molecule has 106 valence electrons. The van der Waals surface area contributed by atoms with E-state index in [9.17, 15) is 0 Å². The number of benzene rings is 2. The summed E-state index contributed by atoms with van der Waals surface area (Å²) in [6.45, 7) is 4.45. The Morgan fingerprint density at radius 1 is 0.905 bits per heavy atom. The molecule has 1 aliphatic heterocycles. The van der Waals surface area contributed by atoms with E-state index in [2.05, 4.69) is 79.8 Å². The van der Waals surface area contributed by atoms with E-state index in [-0.39, 0.29) is 6.04 Å². The summed E-state index contributed by atoms with van der Waals surface area (Å²) < 4.78 is 0. The molecule has 0 aliphatic carbocycles. The molecule has 0 amide bonds. The standard InChI is InChI=1S/C20H21N/c1-15(2)16-9-11-17(12-10-16)18-6-5-7-19(14-18)20-8-3-4-13-21-20/h3-15,20-21H,1-2H3. The van der Waals surface area contributed by atoms with Gasteiger partial charge in [-0.3, -0.25) is 0 Å². The minimum atomic E-state index is 0.268. The Labute approximate surface area is 127 Å². The lowest BCUT2D eigenvalue weighted by atomic mass is 9.96. The van der Waals surface area contributed by atoms with Gasteiger partial charge in [-0.05, 0) is 46.5 Å². The molecule has 1 unspecified atom stereocenters. The van der Waals surface area contributed by atoms with Crippen LogP contribution >= 0.6 is 0 Å². The second-order valence-electron chi connectivity index (χ2n) is 5.79. The van der Waals surface area contributed by atoms with Gasteiger partial charge < -0.3 is 5.32 Å². The van der Waals surface area contributed by atoms with Crippen LogP contribution in [0.25, 0.3) is 11.1 Å². The zero-order valence-corrected chi connectivity index (χ0v) is 12.6. The average Bonchev–Trinajstić information content (AvgIpc) is 2.56. The van der Waals surface area contributed by atoms with Crippen molar-refractivity contribution in [1.29, 1.82) is 0 Å². The number of allylic oxidation sites excluding steroid dienone is 2. The van der Waals surface area contributed by atoms with Gasteiger partial charge in [-0.15, -0.1) is 0 Å². The predicted molar refractivity (Wildman–Crippen MR) is 90.1 cm³/mol. The molecule has 21 heavy (non-hydrogen) atoms. The number of dihydropyridines is 1. The van der Waals surface area contributed by atoms with Crippen LogP contribution in [0.2, 0.25) is 0 Å². The van der Waals surface area contributed by atoms with Gasteiger partial charge in [0.15, 0.2) is 0 Å². The number of rotatable bonds is 3. The molecule has 0 bridgehead atoms. The third-order valence-corrected chi connectivity index (χ3v) is 3.94. The lowest BCUT2D eigenvalue weighted by Gasteiger charge is -2.17. The molecule has 0 radical (unpaired) electrons. The maximum Gasteiger partial charge on any atom is 0.0695 e. The maximum absolute atomic E-state index is 3.37. The molecule has 1 aliphatic rings. The Morgan fingerprint density at radius 2 is 1.71 bits per heavy atom. The van der Waals surface area contributed by atoms with Crippen LogP contribution in [0.3, 0.4) is 0 Å². The molecule has 0 aromatic heterocycles. The second kappa shape index (κ2) is 6.01. The van der Waals surface area contributed by atoms with Crippen LogP contribution in [0.5, 0.6) is 0 Å². The van der Waals surface area contributed by atoms with E-state index in [0.717, 1.165) is 0 Å². The molecule has 1 N–H and O–H groups in total. The highest BCUT2D eigenvalue weighted by Gasteiger charge is 2.08. The average molecular weight is 275 g/mol. The van der Waals surface area contributed by atoms with Crippen LogP contribution in [0.15, 0.2) is 73.0 Å². The first kappa shape index (κ1) is 13.7. The minimum absolute atomic E-state index is 0.268. The molecule has 3 rings (SSSR count). The maximum atomic E-state index is 3.37. The van der Waals surface area contributed by atoms with Gasteiger partial charge in [-0.25, -0.2) is 0 Å². The van der Waals surface area contributed by atoms with Gasteiger partial charge in [0.1, 0.15) is 0 Å². The molecule has 0 fully saturated rings. The molecule has 1 heteroatoms. The molecule has 0 spiro atoms. The number of nitrogens with one attached hydrogen (secondary N) is 1. The van der Waals surface area contributed by atoms with Gasteiger partial charge in [-0.1, -0.05) is 68.5 Å². The van der Waals surface area contributed by atoms with Gasteiger partial charge >= 0.3 is 0 Å². The molecular formula is C20H21N. The fourth-order valence-corrected chi connectivity index (χ4v) is 2.63. The first-order chi connectivity index (χ1) is 10.2.